The molecular weight excluding hydrogens is 262 g/mol. The number of nitriles is 1. The van der Waals surface area contributed by atoms with E-state index in [9.17, 15) is 14.9 Å². The van der Waals surface area contributed by atoms with Crippen LogP contribution in [0.25, 0.3) is 0 Å². The summed E-state index contributed by atoms with van der Waals surface area (Å²) >= 11 is 5.75. The van der Waals surface area contributed by atoms with Crippen LogP contribution in [0.2, 0.25) is 5.02 Å². The minimum absolute atomic E-state index is 0.0446. The first-order valence-corrected chi connectivity index (χ1v) is 4.87. The maximum Gasteiger partial charge on any atom is 0.347 e. The van der Waals surface area contributed by atoms with Gasteiger partial charge in [-0.25, -0.2) is 4.79 Å². The lowest BCUT2D eigenvalue weighted by molar-refractivity contribution is -0.384. The van der Waals surface area contributed by atoms with E-state index >= 15 is 0 Å². The van der Waals surface area contributed by atoms with E-state index in [0.29, 0.717) is 0 Å². The Morgan fingerprint density at radius 1 is 1.61 bits per heavy atom. The highest BCUT2D eigenvalue weighted by molar-refractivity contribution is 6.33. The third-order valence-electron chi connectivity index (χ3n) is 1.89. The third-order valence-corrected chi connectivity index (χ3v) is 2.20. The van der Waals surface area contributed by atoms with Gasteiger partial charge in [0.1, 0.15) is 6.07 Å². The number of carboxylic acid groups (broad SMARTS) is 1. The lowest BCUT2D eigenvalue weighted by Crippen LogP contribution is -2.01. The van der Waals surface area contributed by atoms with Crippen LogP contribution >= 0.6 is 11.6 Å². The molecule has 0 bridgehead atoms. The van der Waals surface area contributed by atoms with Gasteiger partial charge in [-0.05, 0) is 6.07 Å². The molecule has 1 aromatic rings. The first-order chi connectivity index (χ1) is 8.45. The topological polar surface area (TPSA) is 116 Å². The molecule has 0 fully saturated rings. The van der Waals surface area contributed by atoms with Gasteiger partial charge < -0.3 is 10.4 Å². The summed E-state index contributed by atoms with van der Waals surface area (Å²) in [6.07, 6.45) is 0.954. The fourth-order valence-electron chi connectivity index (χ4n) is 1.03. The number of non-ortho nitro benzene ring substituents is 1. The molecule has 0 aliphatic rings. The van der Waals surface area contributed by atoms with Crippen LogP contribution < -0.4 is 5.32 Å². The van der Waals surface area contributed by atoms with E-state index < -0.39 is 16.5 Å². The van der Waals surface area contributed by atoms with Gasteiger partial charge in [0.15, 0.2) is 5.57 Å². The Morgan fingerprint density at radius 2 is 2.28 bits per heavy atom. The predicted molar refractivity (Wildman–Crippen MR) is 63.1 cm³/mol. The second kappa shape index (κ2) is 5.65. The minimum atomic E-state index is -1.39. The largest absolute Gasteiger partial charge is 0.477 e. The lowest BCUT2D eigenvalue weighted by atomic mass is 10.2. The summed E-state index contributed by atoms with van der Waals surface area (Å²) in [6, 6.07) is 5.10. The zero-order valence-electron chi connectivity index (χ0n) is 8.75. The van der Waals surface area contributed by atoms with Crippen molar-refractivity contribution in [1.29, 1.82) is 5.26 Å². The van der Waals surface area contributed by atoms with Crippen LogP contribution in [0, 0.1) is 21.4 Å². The van der Waals surface area contributed by atoms with Crippen LogP contribution in [0.5, 0.6) is 0 Å². The molecule has 92 valence electrons. The average molecular weight is 268 g/mol. The molecule has 1 aromatic carbocycles. The van der Waals surface area contributed by atoms with E-state index in [1.807, 2.05) is 0 Å². The summed E-state index contributed by atoms with van der Waals surface area (Å²) in [6.45, 7) is 0. The summed E-state index contributed by atoms with van der Waals surface area (Å²) in [4.78, 5) is 20.4. The maximum atomic E-state index is 10.5. The third kappa shape index (κ3) is 3.20. The highest BCUT2D eigenvalue weighted by Gasteiger charge is 2.10. The number of nitrogens with one attached hydrogen (secondary N) is 1. The lowest BCUT2D eigenvalue weighted by Gasteiger charge is -2.03. The molecule has 0 atom stereocenters. The van der Waals surface area contributed by atoms with Crippen LogP contribution in [0.4, 0.5) is 11.4 Å². The van der Waals surface area contributed by atoms with Crippen molar-refractivity contribution in [3.05, 3.63) is 45.1 Å². The Bertz CT molecular complexity index is 577. The van der Waals surface area contributed by atoms with E-state index in [1.165, 1.54) is 18.2 Å². The Morgan fingerprint density at radius 3 is 2.72 bits per heavy atom. The Hall–Kier alpha value is -2.59. The molecule has 7 nitrogen and oxygen atoms in total. The van der Waals surface area contributed by atoms with Crippen LogP contribution in [-0.2, 0) is 4.79 Å². The molecule has 0 aromatic heterocycles. The van der Waals surface area contributed by atoms with Crippen molar-refractivity contribution in [3.63, 3.8) is 0 Å². The maximum absolute atomic E-state index is 10.5. The van der Waals surface area contributed by atoms with Crippen molar-refractivity contribution in [3.8, 4) is 6.07 Å². The minimum Gasteiger partial charge on any atom is -0.477 e. The van der Waals surface area contributed by atoms with Crippen LogP contribution in [0.15, 0.2) is 30.0 Å². The second-order valence-electron chi connectivity index (χ2n) is 3.04. The van der Waals surface area contributed by atoms with Crippen molar-refractivity contribution in [2.75, 3.05) is 5.32 Å². The summed E-state index contributed by atoms with van der Waals surface area (Å²) in [7, 11) is 0. The van der Waals surface area contributed by atoms with Gasteiger partial charge in [0, 0.05) is 18.3 Å². The molecule has 0 spiro atoms. The number of hydrogen-bond acceptors (Lipinski definition) is 5. The molecular formula is C10H6ClN3O4. The van der Waals surface area contributed by atoms with Gasteiger partial charge in [0.2, 0.25) is 0 Å². The second-order valence-corrected chi connectivity index (χ2v) is 3.45. The quantitative estimate of drug-likeness (QED) is 0.374. The van der Waals surface area contributed by atoms with Crippen molar-refractivity contribution >= 4 is 28.9 Å². The Kier molecular flexibility index (Phi) is 4.23. The van der Waals surface area contributed by atoms with E-state index in [0.717, 1.165) is 12.3 Å². The van der Waals surface area contributed by atoms with E-state index in [1.54, 1.807) is 0 Å². The molecule has 2 N–H and O–H groups in total. The number of benzene rings is 1. The summed E-state index contributed by atoms with van der Waals surface area (Å²) in [5.74, 6) is -1.39. The summed E-state index contributed by atoms with van der Waals surface area (Å²) in [5.41, 5.74) is -0.436. The molecule has 0 aliphatic carbocycles. The van der Waals surface area contributed by atoms with Gasteiger partial charge in [-0.3, -0.25) is 10.1 Å². The molecule has 0 aliphatic heterocycles. The molecule has 8 heteroatoms. The van der Waals surface area contributed by atoms with Crippen LogP contribution in [0.1, 0.15) is 0 Å². The van der Waals surface area contributed by atoms with E-state index in [2.05, 4.69) is 5.32 Å². The zero-order valence-corrected chi connectivity index (χ0v) is 9.51. The molecule has 0 radical (unpaired) electrons. The van der Waals surface area contributed by atoms with Crippen LogP contribution in [0.3, 0.4) is 0 Å². The van der Waals surface area contributed by atoms with Crippen molar-refractivity contribution in [2.45, 2.75) is 0 Å². The summed E-state index contributed by atoms with van der Waals surface area (Å²) in [5, 5.41) is 30.1. The summed E-state index contributed by atoms with van der Waals surface area (Å²) < 4.78 is 0. The highest BCUT2D eigenvalue weighted by Crippen LogP contribution is 2.26. The van der Waals surface area contributed by atoms with Gasteiger partial charge in [0.05, 0.1) is 15.6 Å². The van der Waals surface area contributed by atoms with E-state index in [4.69, 9.17) is 22.0 Å². The number of aliphatic carboxylic acids is 1. The number of nitro benzene ring substituents is 1. The first kappa shape index (κ1) is 13.5. The fraction of sp³-hybridized carbons (Fsp3) is 0. The molecule has 0 saturated heterocycles. The van der Waals surface area contributed by atoms with Gasteiger partial charge in [0.25, 0.3) is 5.69 Å². The number of halogens is 1. The Balaban J connectivity index is 2.97. The van der Waals surface area contributed by atoms with Crippen molar-refractivity contribution < 1.29 is 14.8 Å². The number of carboxylic acids is 1. The molecule has 0 unspecified atom stereocenters. The van der Waals surface area contributed by atoms with Crippen molar-refractivity contribution in [2.24, 2.45) is 0 Å². The number of anilines is 1. The molecule has 1 rings (SSSR count). The van der Waals surface area contributed by atoms with Crippen molar-refractivity contribution in [1.82, 2.24) is 0 Å². The SMILES string of the molecule is N#CC(=CNc1ccc([N+](=O)[O-])cc1Cl)C(=O)O. The van der Waals surface area contributed by atoms with Gasteiger partial charge >= 0.3 is 5.97 Å². The van der Waals surface area contributed by atoms with Gasteiger partial charge in [-0.1, -0.05) is 11.6 Å². The standard InChI is InChI=1S/C10H6ClN3O4/c11-8-3-7(14(17)18)1-2-9(8)13-5-6(4-12)10(15)16/h1-3,5,13H,(H,15,16). The molecule has 0 heterocycles. The predicted octanol–water partition coefficient (Wildman–Crippen LogP) is 2.15. The molecule has 0 saturated carbocycles. The van der Waals surface area contributed by atoms with Gasteiger partial charge in [-0.2, -0.15) is 5.26 Å². The average Bonchev–Trinajstić information content (AvgIpc) is 2.30. The normalized spacial score (nSPS) is 10.6. The fourth-order valence-corrected chi connectivity index (χ4v) is 1.26. The number of rotatable bonds is 4. The smallest absolute Gasteiger partial charge is 0.347 e. The number of carbonyl (C=O) groups is 1. The Labute approximate surface area is 106 Å². The van der Waals surface area contributed by atoms with E-state index in [-0.39, 0.29) is 16.4 Å². The molecule has 18 heavy (non-hydrogen) atoms. The number of nitro groups is 1. The monoisotopic (exact) mass is 267 g/mol. The first-order valence-electron chi connectivity index (χ1n) is 4.49. The number of hydrogen-bond donors (Lipinski definition) is 2. The molecule has 0 amide bonds. The number of nitrogens with zero attached hydrogens (tertiary/aromatic N) is 2. The van der Waals surface area contributed by atoms with Gasteiger partial charge in [-0.15, -0.1) is 0 Å². The highest BCUT2D eigenvalue weighted by atomic mass is 35.5. The van der Waals surface area contributed by atoms with Crippen LogP contribution in [-0.4, -0.2) is 16.0 Å². The zero-order chi connectivity index (χ0) is 13.7.